The molecule has 1 atom stereocenters. The Morgan fingerprint density at radius 1 is 1.23 bits per heavy atom. The first-order chi connectivity index (χ1) is 14.6. The average molecular weight is 425 g/mol. The minimum Gasteiger partial charge on any atom is -0.381 e. The molecule has 1 aliphatic heterocycles. The highest BCUT2D eigenvalue weighted by Crippen LogP contribution is 2.24. The molecule has 1 aromatic carbocycles. The minimum atomic E-state index is -0.0723. The lowest BCUT2D eigenvalue weighted by Gasteiger charge is -2.23. The monoisotopic (exact) mass is 424 g/mol. The normalized spacial score (nSPS) is 15.7. The fraction of sp³-hybridized carbons (Fsp3) is 0.348. The molecule has 156 valence electrons. The highest BCUT2D eigenvalue weighted by Gasteiger charge is 2.16. The van der Waals surface area contributed by atoms with Crippen molar-refractivity contribution in [2.24, 2.45) is 0 Å². The fourth-order valence-electron chi connectivity index (χ4n) is 3.83. The number of nitrogens with one attached hydrogen (secondary N) is 1. The van der Waals surface area contributed by atoms with Crippen molar-refractivity contribution in [2.75, 3.05) is 18.5 Å². The Morgan fingerprint density at radius 3 is 2.80 bits per heavy atom. The van der Waals surface area contributed by atoms with E-state index in [9.17, 15) is 4.79 Å². The van der Waals surface area contributed by atoms with E-state index < -0.39 is 0 Å². The quantitative estimate of drug-likeness (QED) is 0.628. The van der Waals surface area contributed by atoms with Gasteiger partial charge in [0.1, 0.15) is 0 Å². The van der Waals surface area contributed by atoms with E-state index in [1.807, 2.05) is 42.6 Å². The Hall–Kier alpha value is -2.70. The molecule has 1 fully saturated rings. The Bertz CT molecular complexity index is 1060. The second-order valence-corrected chi connectivity index (χ2v) is 7.87. The van der Waals surface area contributed by atoms with Gasteiger partial charge >= 0.3 is 0 Å². The number of halogens is 1. The van der Waals surface area contributed by atoms with E-state index >= 15 is 0 Å². The summed E-state index contributed by atoms with van der Waals surface area (Å²) in [5, 5.41) is 4.04. The SMILES string of the molecule is CCC(c1cccc(Cl)c1)n1ccc(-c2ccnc(NC3CCOCC3)n2)cc1=O. The summed E-state index contributed by atoms with van der Waals surface area (Å²) in [6, 6.07) is 13.3. The van der Waals surface area contributed by atoms with Crippen molar-refractivity contribution < 1.29 is 4.74 Å². The molecule has 0 radical (unpaired) electrons. The smallest absolute Gasteiger partial charge is 0.251 e. The maximum atomic E-state index is 12.9. The van der Waals surface area contributed by atoms with Crippen LogP contribution in [-0.4, -0.2) is 33.8 Å². The van der Waals surface area contributed by atoms with Gasteiger partial charge < -0.3 is 14.6 Å². The van der Waals surface area contributed by atoms with Gasteiger partial charge in [0, 0.05) is 48.3 Å². The molecule has 4 rings (SSSR count). The summed E-state index contributed by atoms with van der Waals surface area (Å²) in [5.74, 6) is 0.578. The first kappa shape index (κ1) is 20.6. The zero-order valence-corrected chi connectivity index (χ0v) is 17.7. The minimum absolute atomic E-state index is 0.0682. The van der Waals surface area contributed by atoms with Crippen molar-refractivity contribution in [3.05, 3.63) is 75.8 Å². The van der Waals surface area contributed by atoms with Crippen LogP contribution in [-0.2, 0) is 4.74 Å². The van der Waals surface area contributed by atoms with Crippen molar-refractivity contribution >= 4 is 17.5 Å². The van der Waals surface area contributed by atoms with Crippen LogP contribution in [0.3, 0.4) is 0 Å². The van der Waals surface area contributed by atoms with Gasteiger partial charge in [-0.3, -0.25) is 4.79 Å². The Kier molecular flexibility index (Phi) is 6.45. The van der Waals surface area contributed by atoms with Gasteiger partial charge in [0.15, 0.2) is 0 Å². The van der Waals surface area contributed by atoms with E-state index in [0.29, 0.717) is 17.0 Å². The van der Waals surface area contributed by atoms with Crippen LogP contribution in [0.25, 0.3) is 11.3 Å². The lowest BCUT2D eigenvalue weighted by molar-refractivity contribution is 0.0903. The van der Waals surface area contributed by atoms with Crippen LogP contribution in [0.2, 0.25) is 5.02 Å². The van der Waals surface area contributed by atoms with Crippen LogP contribution in [0.5, 0.6) is 0 Å². The third kappa shape index (κ3) is 4.71. The number of pyridine rings is 1. The van der Waals surface area contributed by atoms with Crippen LogP contribution < -0.4 is 10.9 Å². The van der Waals surface area contributed by atoms with E-state index in [0.717, 1.165) is 49.3 Å². The molecule has 1 aliphatic rings. The molecule has 1 N–H and O–H groups in total. The van der Waals surface area contributed by atoms with E-state index in [2.05, 4.69) is 22.2 Å². The van der Waals surface area contributed by atoms with Gasteiger partial charge in [-0.1, -0.05) is 30.7 Å². The second kappa shape index (κ2) is 9.41. The van der Waals surface area contributed by atoms with Crippen molar-refractivity contribution in [1.82, 2.24) is 14.5 Å². The molecule has 0 spiro atoms. The Balaban J connectivity index is 1.58. The van der Waals surface area contributed by atoms with E-state index in [-0.39, 0.29) is 11.6 Å². The third-order valence-electron chi connectivity index (χ3n) is 5.41. The first-order valence-electron chi connectivity index (χ1n) is 10.3. The first-order valence-corrected chi connectivity index (χ1v) is 10.7. The summed E-state index contributed by atoms with van der Waals surface area (Å²) in [4.78, 5) is 21.9. The number of rotatable bonds is 6. The maximum absolute atomic E-state index is 12.9. The molecular formula is C23H25ClN4O2. The van der Waals surface area contributed by atoms with Crippen molar-refractivity contribution in [3.63, 3.8) is 0 Å². The molecule has 0 saturated carbocycles. The van der Waals surface area contributed by atoms with Crippen LogP contribution in [0.4, 0.5) is 5.95 Å². The largest absolute Gasteiger partial charge is 0.381 e. The molecule has 1 saturated heterocycles. The number of hydrogen-bond acceptors (Lipinski definition) is 5. The predicted octanol–water partition coefficient (Wildman–Crippen LogP) is 4.55. The Labute approximate surface area is 180 Å². The zero-order chi connectivity index (χ0) is 20.9. The van der Waals surface area contributed by atoms with Gasteiger partial charge in [-0.05, 0) is 49.1 Å². The fourth-order valence-corrected chi connectivity index (χ4v) is 4.03. The van der Waals surface area contributed by atoms with Gasteiger partial charge in [0.25, 0.3) is 5.56 Å². The third-order valence-corrected chi connectivity index (χ3v) is 5.65. The van der Waals surface area contributed by atoms with Gasteiger partial charge in [-0.2, -0.15) is 0 Å². The molecule has 1 unspecified atom stereocenters. The van der Waals surface area contributed by atoms with Gasteiger partial charge in [-0.25, -0.2) is 9.97 Å². The zero-order valence-electron chi connectivity index (χ0n) is 16.9. The molecule has 0 bridgehead atoms. The van der Waals surface area contributed by atoms with Crippen molar-refractivity contribution in [2.45, 2.75) is 38.3 Å². The average Bonchev–Trinajstić information content (AvgIpc) is 2.76. The van der Waals surface area contributed by atoms with Crippen molar-refractivity contribution in [1.29, 1.82) is 0 Å². The highest BCUT2D eigenvalue weighted by molar-refractivity contribution is 6.30. The van der Waals surface area contributed by atoms with E-state index in [1.165, 1.54) is 0 Å². The molecule has 0 aliphatic carbocycles. The number of aromatic nitrogens is 3. The van der Waals surface area contributed by atoms with Gasteiger partial charge in [-0.15, -0.1) is 0 Å². The summed E-state index contributed by atoms with van der Waals surface area (Å²) in [7, 11) is 0. The molecule has 30 heavy (non-hydrogen) atoms. The number of ether oxygens (including phenoxy) is 1. The van der Waals surface area contributed by atoms with Crippen LogP contribution >= 0.6 is 11.6 Å². The molecule has 0 amide bonds. The lowest BCUT2D eigenvalue weighted by atomic mass is 10.0. The van der Waals surface area contributed by atoms with Crippen LogP contribution in [0.15, 0.2) is 59.7 Å². The second-order valence-electron chi connectivity index (χ2n) is 7.44. The highest BCUT2D eigenvalue weighted by atomic mass is 35.5. The number of anilines is 1. The maximum Gasteiger partial charge on any atom is 0.251 e. The number of hydrogen-bond donors (Lipinski definition) is 1. The lowest BCUT2D eigenvalue weighted by Crippen LogP contribution is -2.28. The summed E-state index contributed by atoms with van der Waals surface area (Å²) in [6.07, 6.45) is 6.21. The molecule has 2 aromatic heterocycles. The van der Waals surface area contributed by atoms with E-state index in [1.54, 1.807) is 16.8 Å². The molecule has 6 nitrogen and oxygen atoms in total. The molecule has 3 heterocycles. The summed E-state index contributed by atoms with van der Waals surface area (Å²) >= 11 is 6.15. The molecule has 3 aromatic rings. The van der Waals surface area contributed by atoms with Crippen molar-refractivity contribution in [3.8, 4) is 11.3 Å². The van der Waals surface area contributed by atoms with Crippen LogP contribution in [0.1, 0.15) is 37.8 Å². The standard InChI is InChI=1S/C23H25ClN4O2/c1-2-21(17-4-3-5-18(24)14-17)28-11-7-16(15-22(28)29)20-6-10-25-23(27-20)26-19-8-12-30-13-9-19/h3-7,10-11,14-15,19,21H,2,8-9,12-13H2,1H3,(H,25,26,27). The molecule has 7 heteroatoms. The molecular weight excluding hydrogens is 400 g/mol. The van der Waals surface area contributed by atoms with Gasteiger partial charge in [0.05, 0.1) is 11.7 Å². The topological polar surface area (TPSA) is 69.0 Å². The van der Waals surface area contributed by atoms with Crippen LogP contribution in [0, 0.1) is 0 Å². The predicted molar refractivity (Wildman–Crippen MR) is 119 cm³/mol. The number of benzene rings is 1. The van der Waals surface area contributed by atoms with E-state index in [4.69, 9.17) is 16.3 Å². The van der Waals surface area contributed by atoms with Gasteiger partial charge in [0.2, 0.25) is 5.95 Å². The summed E-state index contributed by atoms with van der Waals surface area (Å²) in [5.41, 5.74) is 2.44. The Morgan fingerprint density at radius 2 is 2.07 bits per heavy atom. The summed E-state index contributed by atoms with van der Waals surface area (Å²) < 4.78 is 7.14. The number of nitrogens with zero attached hydrogens (tertiary/aromatic N) is 3. The summed E-state index contributed by atoms with van der Waals surface area (Å²) in [6.45, 7) is 3.56.